The van der Waals surface area contributed by atoms with Gasteiger partial charge in [0.05, 0.1) is 23.4 Å². The molecule has 0 spiro atoms. The van der Waals surface area contributed by atoms with Gasteiger partial charge in [0.2, 0.25) is 0 Å². The lowest BCUT2D eigenvalue weighted by atomic mass is 9.86. The molecular weight excluding hydrogens is 424 g/mol. The van der Waals surface area contributed by atoms with E-state index in [0.717, 1.165) is 37.9 Å². The first-order valence-corrected chi connectivity index (χ1v) is 10.6. The maximum absolute atomic E-state index is 10.6. The smallest absolute Gasteiger partial charge is 0.142 e. The molecule has 1 aromatic heterocycles. The Bertz CT molecular complexity index is 1090. The summed E-state index contributed by atoms with van der Waals surface area (Å²) < 4.78 is 6.04. The second-order valence-electron chi connectivity index (χ2n) is 7.73. The number of nitrogens with zero attached hydrogens (tertiary/aromatic N) is 2. The Balaban J connectivity index is 0.00000289. The second kappa shape index (κ2) is 10.9. The molecule has 0 atom stereocenters. The minimum Gasteiger partial charge on any atom is -0.507 e. The van der Waals surface area contributed by atoms with E-state index in [-0.39, 0.29) is 29.9 Å². The first kappa shape index (κ1) is 23.4. The predicted molar refractivity (Wildman–Crippen MR) is 128 cm³/mol. The summed E-state index contributed by atoms with van der Waals surface area (Å²) in [6.07, 6.45) is 2.61. The van der Waals surface area contributed by atoms with Gasteiger partial charge in [-0.25, -0.2) is 4.98 Å². The maximum atomic E-state index is 10.6. The molecule has 4 N–H and O–H groups in total. The molecule has 7 heteroatoms. The van der Waals surface area contributed by atoms with Gasteiger partial charge in [-0.2, -0.15) is 5.26 Å². The zero-order valence-corrected chi connectivity index (χ0v) is 18.6. The number of hydrogen-bond acceptors (Lipinski definition) is 6. The molecular formula is C25H27ClN4O2. The van der Waals surface area contributed by atoms with Crippen LogP contribution < -0.4 is 15.8 Å². The van der Waals surface area contributed by atoms with Gasteiger partial charge < -0.3 is 20.9 Å². The molecule has 0 amide bonds. The number of ether oxygens (including phenoxy) is 1. The van der Waals surface area contributed by atoms with Crippen LogP contribution in [0.2, 0.25) is 0 Å². The van der Waals surface area contributed by atoms with E-state index in [4.69, 9.17) is 10.5 Å². The van der Waals surface area contributed by atoms with E-state index in [1.807, 2.05) is 30.3 Å². The van der Waals surface area contributed by atoms with E-state index in [9.17, 15) is 10.4 Å². The number of rotatable bonds is 6. The fourth-order valence-electron chi connectivity index (χ4n) is 4.11. The molecule has 1 aliphatic heterocycles. The lowest BCUT2D eigenvalue weighted by molar-refractivity contribution is 0.321. The highest BCUT2D eigenvalue weighted by Crippen LogP contribution is 2.40. The molecule has 166 valence electrons. The van der Waals surface area contributed by atoms with Crippen molar-refractivity contribution in [3.63, 3.8) is 0 Å². The summed E-state index contributed by atoms with van der Waals surface area (Å²) in [5, 5.41) is 23.7. The molecule has 2 heterocycles. The number of phenolic OH excluding ortho intramolecular Hbond substituents is 1. The standard InChI is InChI=1S/C25H26N4O2.ClH/c26-16-20-19(18-9-12-28-13-10-18)15-21(29-25(20)27)24-22(30)7-4-8-23(24)31-14-11-17-5-2-1-3-6-17;/h1-8,15,18,28,30H,9-14H2,(H2,27,29);1H. The van der Waals surface area contributed by atoms with E-state index in [0.29, 0.717) is 29.2 Å². The van der Waals surface area contributed by atoms with Gasteiger partial charge in [0.25, 0.3) is 0 Å². The summed E-state index contributed by atoms with van der Waals surface area (Å²) in [6.45, 7) is 2.27. The molecule has 1 saturated heterocycles. The third-order valence-corrected chi connectivity index (χ3v) is 5.72. The van der Waals surface area contributed by atoms with Crippen molar-refractivity contribution in [3.8, 4) is 28.8 Å². The van der Waals surface area contributed by atoms with Crippen molar-refractivity contribution in [1.82, 2.24) is 10.3 Å². The van der Waals surface area contributed by atoms with Crippen LogP contribution in [0.3, 0.4) is 0 Å². The van der Waals surface area contributed by atoms with Crippen molar-refractivity contribution in [2.75, 3.05) is 25.4 Å². The lowest BCUT2D eigenvalue weighted by Gasteiger charge is -2.25. The van der Waals surface area contributed by atoms with Crippen LogP contribution in [0, 0.1) is 11.3 Å². The SMILES string of the molecule is Cl.N#Cc1c(C2CCNCC2)cc(-c2c(O)cccc2OCCc2ccccc2)nc1N. The molecule has 3 aromatic rings. The Morgan fingerprint density at radius 3 is 2.59 bits per heavy atom. The van der Waals surface area contributed by atoms with Gasteiger partial charge >= 0.3 is 0 Å². The van der Waals surface area contributed by atoms with Crippen LogP contribution in [-0.4, -0.2) is 29.8 Å². The monoisotopic (exact) mass is 450 g/mol. The number of nitrogen functional groups attached to an aromatic ring is 1. The largest absolute Gasteiger partial charge is 0.507 e. The number of aromatic nitrogens is 1. The van der Waals surface area contributed by atoms with Gasteiger partial charge in [-0.1, -0.05) is 36.4 Å². The van der Waals surface area contributed by atoms with Crippen molar-refractivity contribution in [2.45, 2.75) is 25.2 Å². The highest BCUT2D eigenvalue weighted by molar-refractivity contribution is 5.85. The first-order chi connectivity index (χ1) is 15.2. The summed E-state index contributed by atoms with van der Waals surface area (Å²) in [5.74, 6) is 1.04. The van der Waals surface area contributed by atoms with Crippen molar-refractivity contribution in [1.29, 1.82) is 5.26 Å². The van der Waals surface area contributed by atoms with Gasteiger partial charge in [0, 0.05) is 6.42 Å². The van der Waals surface area contributed by atoms with Crippen LogP contribution in [0.4, 0.5) is 5.82 Å². The topological polar surface area (TPSA) is 104 Å². The molecule has 6 nitrogen and oxygen atoms in total. The highest BCUT2D eigenvalue weighted by Gasteiger charge is 2.23. The van der Waals surface area contributed by atoms with E-state index < -0.39 is 0 Å². The van der Waals surface area contributed by atoms with E-state index in [2.05, 4.69) is 28.5 Å². The Morgan fingerprint density at radius 1 is 1.12 bits per heavy atom. The Hall–Kier alpha value is -3.27. The van der Waals surface area contributed by atoms with Crippen molar-refractivity contribution < 1.29 is 9.84 Å². The number of nitrogens with one attached hydrogen (secondary N) is 1. The molecule has 1 aliphatic rings. The molecule has 32 heavy (non-hydrogen) atoms. The Labute approximate surface area is 194 Å². The van der Waals surface area contributed by atoms with E-state index in [1.165, 1.54) is 5.56 Å². The van der Waals surface area contributed by atoms with Crippen molar-refractivity contribution in [3.05, 3.63) is 71.3 Å². The zero-order valence-electron chi connectivity index (χ0n) is 17.8. The number of anilines is 1. The summed E-state index contributed by atoms with van der Waals surface area (Å²) in [5.41, 5.74) is 9.71. The fraction of sp³-hybridized carbons (Fsp3) is 0.280. The number of phenols is 1. The van der Waals surface area contributed by atoms with Crippen molar-refractivity contribution >= 4 is 18.2 Å². The number of piperidine rings is 1. The normalized spacial score (nSPS) is 13.7. The Morgan fingerprint density at radius 2 is 1.88 bits per heavy atom. The molecule has 4 rings (SSSR count). The molecule has 0 saturated carbocycles. The number of aromatic hydroxyl groups is 1. The number of pyridine rings is 1. The van der Waals surface area contributed by atoms with Crippen LogP contribution in [0.15, 0.2) is 54.6 Å². The zero-order chi connectivity index (χ0) is 21.6. The van der Waals surface area contributed by atoms with Crippen molar-refractivity contribution in [2.24, 2.45) is 0 Å². The minimum atomic E-state index is 0. The third kappa shape index (κ3) is 5.13. The summed E-state index contributed by atoms with van der Waals surface area (Å²) >= 11 is 0. The first-order valence-electron chi connectivity index (χ1n) is 10.6. The van der Waals surface area contributed by atoms with Crippen LogP contribution in [0.5, 0.6) is 11.5 Å². The lowest BCUT2D eigenvalue weighted by Crippen LogP contribution is -2.27. The molecule has 0 aliphatic carbocycles. The predicted octanol–water partition coefficient (Wildman–Crippen LogP) is 4.42. The Kier molecular flexibility index (Phi) is 7.93. The van der Waals surface area contributed by atoms with Crippen LogP contribution in [-0.2, 0) is 6.42 Å². The fourth-order valence-corrected chi connectivity index (χ4v) is 4.11. The quantitative estimate of drug-likeness (QED) is 0.513. The summed E-state index contributed by atoms with van der Waals surface area (Å²) in [6, 6.07) is 19.4. The number of nitriles is 1. The minimum absolute atomic E-state index is 0. The van der Waals surface area contributed by atoms with Gasteiger partial charge in [-0.3, -0.25) is 0 Å². The average Bonchev–Trinajstić information content (AvgIpc) is 2.80. The van der Waals surface area contributed by atoms with Crippen LogP contribution >= 0.6 is 12.4 Å². The third-order valence-electron chi connectivity index (χ3n) is 5.72. The highest BCUT2D eigenvalue weighted by atomic mass is 35.5. The average molecular weight is 451 g/mol. The molecule has 0 unspecified atom stereocenters. The van der Waals surface area contributed by atoms with Crippen LogP contribution in [0.1, 0.15) is 35.4 Å². The van der Waals surface area contributed by atoms with Gasteiger partial charge in [-0.15, -0.1) is 12.4 Å². The molecule has 0 bridgehead atoms. The summed E-state index contributed by atoms with van der Waals surface area (Å²) in [7, 11) is 0. The number of nitrogens with two attached hydrogens (primary N) is 1. The molecule has 0 radical (unpaired) electrons. The summed E-state index contributed by atoms with van der Waals surface area (Å²) in [4.78, 5) is 4.46. The van der Waals surface area contributed by atoms with Gasteiger partial charge in [-0.05, 0) is 61.2 Å². The number of hydrogen-bond donors (Lipinski definition) is 3. The number of halogens is 1. The number of benzene rings is 2. The maximum Gasteiger partial charge on any atom is 0.142 e. The van der Waals surface area contributed by atoms with E-state index in [1.54, 1.807) is 12.1 Å². The second-order valence-corrected chi connectivity index (χ2v) is 7.73. The van der Waals surface area contributed by atoms with E-state index >= 15 is 0 Å². The molecule has 2 aromatic carbocycles. The van der Waals surface area contributed by atoms with Gasteiger partial charge in [0.15, 0.2) is 0 Å². The van der Waals surface area contributed by atoms with Crippen LogP contribution in [0.25, 0.3) is 11.3 Å². The van der Waals surface area contributed by atoms with Gasteiger partial charge in [0.1, 0.15) is 23.4 Å². The molecule has 1 fully saturated rings.